The van der Waals surface area contributed by atoms with Gasteiger partial charge in [-0.15, -0.1) is 0 Å². The van der Waals surface area contributed by atoms with Crippen LogP contribution in [0.2, 0.25) is 10.0 Å². The van der Waals surface area contributed by atoms with Crippen molar-refractivity contribution in [2.75, 3.05) is 5.32 Å². The van der Waals surface area contributed by atoms with Crippen molar-refractivity contribution >= 4 is 40.8 Å². The summed E-state index contributed by atoms with van der Waals surface area (Å²) in [4.78, 5) is 24.1. The van der Waals surface area contributed by atoms with E-state index >= 15 is 0 Å². The average molecular weight is 379 g/mol. The molecule has 1 amide bonds. The number of carbonyl (C=O) groups is 2. The first-order chi connectivity index (χ1) is 11.9. The quantitative estimate of drug-likeness (QED) is 0.752. The van der Waals surface area contributed by atoms with Crippen LogP contribution in [0.15, 0.2) is 36.4 Å². The Morgan fingerprint density at radius 2 is 1.96 bits per heavy atom. The van der Waals surface area contributed by atoms with Crippen LogP contribution < -0.4 is 10.6 Å². The van der Waals surface area contributed by atoms with E-state index < -0.39 is 18.1 Å². The zero-order chi connectivity index (χ0) is 18.1. The second kappa shape index (κ2) is 6.94. The van der Waals surface area contributed by atoms with E-state index in [0.29, 0.717) is 26.9 Å². The van der Waals surface area contributed by atoms with Crippen LogP contribution in [0, 0.1) is 6.92 Å². The van der Waals surface area contributed by atoms with Gasteiger partial charge >= 0.3 is 5.97 Å². The molecule has 7 heteroatoms. The van der Waals surface area contributed by atoms with Gasteiger partial charge in [0.2, 0.25) is 0 Å². The lowest BCUT2D eigenvalue weighted by molar-refractivity contribution is -0.138. The number of fused-ring (bicyclic) bond motifs is 1. The van der Waals surface area contributed by atoms with E-state index in [-0.39, 0.29) is 12.3 Å². The molecule has 1 aliphatic rings. The van der Waals surface area contributed by atoms with Gasteiger partial charge in [0, 0.05) is 33.3 Å². The molecule has 1 aliphatic heterocycles. The third-order valence-electron chi connectivity index (χ3n) is 4.24. The number of aryl methyl sites for hydroxylation is 1. The number of anilines is 1. The summed E-state index contributed by atoms with van der Waals surface area (Å²) >= 11 is 12.3. The third kappa shape index (κ3) is 3.57. The molecular weight excluding hydrogens is 363 g/mol. The predicted molar refractivity (Wildman–Crippen MR) is 97.5 cm³/mol. The lowest BCUT2D eigenvalue weighted by Crippen LogP contribution is -2.41. The summed E-state index contributed by atoms with van der Waals surface area (Å²) in [5.41, 5.74) is 2.54. The second-order valence-electron chi connectivity index (χ2n) is 5.96. The summed E-state index contributed by atoms with van der Waals surface area (Å²) in [5, 5.41) is 16.0. The van der Waals surface area contributed by atoms with Crippen molar-refractivity contribution in [1.82, 2.24) is 5.32 Å². The standard InChI is InChI=1S/C18H16Cl2N2O3/c1-9-4-2-3-5-11(9)17(23)22-14-8-15(18(24)25)21-13-7-10(19)6-12(20)16(13)14/h2-7,14-15,21H,8H2,1H3,(H,22,23)(H,24,25). The minimum absolute atomic E-state index is 0.182. The highest BCUT2D eigenvalue weighted by molar-refractivity contribution is 6.35. The van der Waals surface area contributed by atoms with Crippen molar-refractivity contribution in [3.8, 4) is 0 Å². The first-order valence-electron chi connectivity index (χ1n) is 7.71. The minimum atomic E-state index is -1.00. The largest absolute Gasteiger partial charge is 0.480 e. The van der Waals surface area contributed by atoms with E-state index in [4.69, 9.17) is 23.2 Å². The second-order valence-corrected chi connectivity index (χ2v) is 6.80. The zero-order valence-electron chi connectivity index (χ0n) is 13.3. The van der Waals surface area contributed by atoms with Gasteiger partial charge in [-0.3, -0.25) is 4.79 Å². The molecule has 0 saturated carbocycles. The van der Waals surface area contributed by atoms with Gasteiger partial charge in [-0.2, -0.15) is 0 Å². The fourth-order valence-electron chi connectivity index (χ4n) is 3.02. The third-order valence-corrected chi connectivity index (χ3v) is 4.77. The van der Waals surface area contributed by atoms with Crippen LogP contribution >= 0.6 is 23.2 Å². The van der Waals surface area contributed by atoms with Gasteiger partial charge in [0.15, 0.2) is 0 Å². The monoisotopic (exact) mass is 378 g/mol. The highest BCUT2D eigenvalue weighted by Gasteiger charge is 2.33. The van der Waals surface area contributed by atoms with E-state index in [1.165, 1.54) is 0 Å². The molecule has 3 N–H and O–H groups in total. The number of carbonyl (C=O) groups excluding carboxylic acids is 1. The Morgan fingerprint density at radius 1 is 1.24 bits per heavy atom. The van der Waals surface area contributed by atoms with Gasteiger partial charge in [-0.25, -0.2) is 4.79 Å². The maximum absolute atomic E-state index is 12.7. The number of hydrogen-bond acceptors (Lipinski definition) is 3. The Kier molecular flexibility index (Phi) is 4.88. The highest BCUT2D eigenvalue weighted by atomic mass is 35.5. The van der Waals surface area contributed by atoms with Crippen LogP contribution in [0.3, 0.4) is 0 Å². The van der Waals surface area contributed by atoms with Gasteiger partial charge in [0.05, 0.1) is 6.04 Å². The van der Waals surface area contributed by atoms with E-state index in [0.717, 1.165) is 5.56 Å². The summed E-state index contributed by atoms with van der Waals surface area (Å²) in [6.07, 6.45) is 0.182. The topological polar surface area (TPSA) is 78.4 Å². The van der Waals surface area contributed by atoms with Crippen molar-refractivity contribution in [3.05, 3.63) is 63.1 Å². The Labute approximate surface area is 154 Å². The summed E-state index contributed by atoms with van der Waals surface area (Å²) in [7, 11) is 0. The average Bonchev–Trinajstić information content (AvgIpc) is 2.54. The molecule has 3 rings (SSSR count). The van der Waals surface area contributed by atoms with Crippen LogP contribution in [0.5, 0.6) is 0 Å². The first kappa shape index (κ1) is 17.6. The molecule has 0 saturated heterocycles. The number of amides is 1. The van der Waals surface area contributed by atoms with Crippen LogP contribution in [0.1, 0.15) is 33.9 Å². The Morgan fingerprint density at radius 3 is 2.64 bits per heavy atom. The lowest BCUT2D eigenvalue weighted by Gasteiger charge is -2.32. The number of nitrogens with one attached hydrogen (secondary N) is 2. The summed E-state index contributed by atoms with van der Waals surface area (Å²) in [6, 6.07) is 9.03. The number of hydrogen-bond donors (Lipinski definition) is 3. The number of carboxylic acid groups (broad SMARTS) is 1. The Balaban J connectivity index is 1.96. The van der Waals surface area contributed by atoms with E-state index in [2.05, 4.69) is 10.6 Å². The SMILES string of the molecule is Cc1ccccc1C(=O)NC1CC(C(=O)O)Nc2cc(Cl)cc(Cl)c21. The summed E-state index contributed by atoms with van der Waals surface area (Å²) in [6.45, 7) is 1.85. The van der Waals surface area contributed by atoms with Crippen LogP contribution in [-0.4, -0.2) is 23.0 Å². The van der Waals surface area contributed by atoms with Crippen molar-refractivity contribution in [1.29, 1.82) is 0 Å². The predicted octanol–water partition coefficient (Wildman–Crippen LogP) is 4.04. The molecule has 130 valence electrons. The van der Waals surface area contributed by atoms with Crippen LogP contribution in [-0.2, 0) is 4.79 Å². The molecule has 0 aromatic heterocycles. The molecule has 1 heterocycles. The van der Waals surface area contributed by atoms with Crippen LogP contribution in [0.4, 0.5) is 5.69 Å². The van der Waals surface area contributed by atoms with Crippen molar-refractivity contribution < 1.29 is 14.7 Å². The number of carboxylic acids is 1. The number of benzene rings is 2. The molecule has 25 heavy (non-hydrogen) atoms. The molecule has 2 unspecified atom stereocenters. The molecule has 5 nitrogen and oxygen atoms in total. The first-order valence-corrected chi connectivity index (χ1v) is 8.47. The molecule has 2 atom stereocenters. The van der Waals surface area contributed by atoms with E-state index in [9.17, 15) is 14.7 Å². The van der Waals surface area contributed by atoms with Gasteiger partial charge in [0.1, 0.15) is 6.04 Å². The molecule has 0 fully saturated rings. The lowest BCUT2D eigenvalue weighted by atomic mass is 9.92. The van der Waals surface area contributed by atoms with Crippen molar-refractivity contribution in [2.45, 2.75) is 25.4 Å². The molecule has 0 aliphatic carbocycles. The Bertz CT molecular complexity index is 854. The Hall–Kier alpha value is -2.24. The maximum atomic E-state index is 12.7. The minimum Gasteiger partial charge on any atom is -0.480 e. The van der Waals surface area contributed by atoms with E-state index in [1.807, 2.05) is 19.1 Å². The fraction of sp³-hybridized carbons (Fsp3) is 0.222. The van der Waals surface area contributed by atoms with Gasteiger partial charge in [-0.05, 0) is 30.7 Å². The normalized spacial score (nSPS) is 18.8. The zero-order valence-corrected chi connectivity index (χ0v) is 14.9. The summed E-state index contributed by atoms with van der Waals surface area (Å²) in [5.74, 6) is -1.28. The fourth-order valence-corrected chi connectivity index (χ4v) is 3.64. The van der Waals surface area contributed by atoms with Crippen molar-refractivity contribution in [2.24, 2.45) is 0 Å². The van der Waals surface area contributed by atoms with Gasteiger partial charge in [0.25, 0.3) is 5.91 Å². The van der Waals surface area contributed by atoms with Crippen LogP contribution in [0.25, 0.3) is 0 Å². The highest BCUT2D eigenvalue weighted by Crippen LogP contribution is 2.40. The molecule has 2 aromatic carbocycles. The molecule has 0 radical (unpaired) electrons. The smallest absolute Gasteiger partial charge is 0.326 e. The molecule has 0 spiro atoms. The summed E-state index contributed by atoms with van der Waals surface area (Å²) < 4.78 is 0. The van der Waals surface area contributed by atoms with Crippen molar-refractivity contribution in [3.63, 3.8) is 0 Å². The maximum Gasteiger partial charge on any atom is 0.326 e. The molecule has 2 aromatic rings. The molecule has 0 bridgehead atoms. The number of rotatable bonds is 3. The van der Waals surface area contributed by atoms with Gasteiger partial charge < -0.3 is 15.7 Å². The van der Waals surface area contributed by atoms with Gasteiger partial charge in [-0.1, -0.05) is 41.4 Å². The number of halogens is 2. The van der Waals surface area contributed by atoms with E-state index in [1.54, 1.807) is 24.3 Å². The molecular formula is C18H16Cl2N2O3. The number of aliphatic carboxylic acids is 1.